The fourth-order valence-electron chi connectivity index (χ4n) is 2.85. The highest BCUT2D eigenvalue weighted by molar-refractivity contribution is 7.13. The predicted octanol–water partition coefficient (Wildman–Crippen LogP) is 4.53. The minimum Gasteiger partial charge on any atom is -0.458 e. The zero-order valence-electron chi connectivity index (χ0n) is 12.6. The molecule has 2 aromatic heterocycles. The van der Waals surface area contributed by atoms with Crippen molar-refractivity contribution in [2.45, 2.75) is 51.1 Å². The third-order valence-corrected chi connectivity index (χ3v) is 4.92. The van der Waals surface area contributed by atoms with E-state index in [2.05, 4.69) is 10.6 Å². The van der Waals surface area contributed by atoms with Gasteiger partial charge in [-0.15, -0.1) is 11.3 Å². The second-order valence-corrected chi connectivity index (χ2v) is 6.71. The van der Waals surface area contributed by atoms with E-state index >= 15 is 0 Å². The maximum Gasteiger partial charge on any atom is 0.315 e. The van der Waals surface area contributed by atoms with Gasteiger partial charge in [0.05, 0.1) is 11.4 Å². The number of rotatable bonds is 4. The molecule has 0 aromatic carbocycles. The highest BCUT2D eigenvalue weighted by atomic mass is 32.1. The lowest BCUT2D eigenvalue weighted by Gasteiger charge is -2.16. The van der Waals surface area contributed by atoms with E-state index in [1.165, 1.54) is 25.7 Å². The van der Waals surface area contributed by atoms with Crippen LogP contribution in [0, 0.1) is 0 Å². The van der Waals surface area contributed by atoms with E-state index in [9.17, 15) is 4.79 Å². The van der Waals surface area contributed by atoms with E-state index in [0.29, 0.717) is 12.6 Å². The summed E-state index contributed by atoms with van der Waals surface area (Å²) in [4.78, 5) is 13.1. The number of amides is 2. The minimum absolute atomic E-state index is 0.0963. The van der Waals surface area contributed by atoms with Crippen LogP contribution in [0.3, 0.4) is 0 Å². The Balaban J connectivity index is 1.46. The zero-order chi connectivity index (χ0) is 15.2. The fraction of sp³-hybridized carbons (Fsp3) is 0.471. The number of urea groups is 1. The van der Waals surface area contributed by atoms with Gasteiger partial charge >= 0.3 is 6.03 Å². The van der Waals surface area contributed by atoms with Crippen molar-refractivity contribution in [2.75, 3.05) is 0 Å². The molecule has 4 nitrogen and oxygen atoms in total. The number of furan rings is 1. The molecule has 118 valence electrons. The maximum absolute atomic E-state index is 12.0. The first kappa shape index (κ1) is 15.2. The molecule has 5 heteroatoms. The summed E-state index contributed by atoms with van der Waals surface area (Å²) >= 11 is 1.65. The standard InChI is InChI=1S/C17H22N2O2S/c20-17(19-13-6-3-1-2-4-7-13)18-12-14-9-10-15(21-14)16-8-5-11-22-16/h5,8-11,13H,1-4,6-7,12H2,(H2,18,19,20). The lowest BCUT2D eigenvalue weighted by atomic mass is 10.1. The van der Waals surface area contributed by atoms with Crippen molar-refractivity contribution in [3.63, 3.8) is 0 Å². The Morgan fingerprint density at radius 2 is 2.00 bits per heavy atom. The van der Waals surface area contributed by atoms with Crippen LogP contribution in [0.25, 0.3) is 10.6 Å². The lowest BCUT2D eigenvalue weighted by Crippen LogP contribution is -2.41. The van der Waals surface area contributed by atoms with E-state index in [1.54, 1.807) is 11.3 Å². The summed E-state index contributed by atoms with van der Waals surface area (Å²) in [6.07, 6.45) is 7.20. The van der Waals surface area contributed by atoms with E-state index in [0.717, 1.165) is 29.2 Å². The Kier molecular flexibility index (Phi) is 5.16. The van der Waals surface area contributed by atoms with Gasteiger partial charge in [0.1, 0.15) is 11.5 Å². The number of carbonyl (C=O) groups excluding carboxylic acids is 1. The third kappa shape index (κ3) is 4.13. The molecule has 2 amide bonds. The molecule has 0 unspecified atom stereocenters. The summed E-state index contributed by atoms with van der Waals surface area (Å²) in [6.45, 7) is 0.421. The molecular formula is C17H22N2O2S. The van der Waals surface area contributed by atoms with Crippen LogP contribution in [-0.2, 0) is 6.54 Å². The summed E-state index contributed by atoms with van der Waals surface area (Å²) in [5.41, 5.74) is 0. The van der Waals surface area contributed by atoms with Crippen molar-refractivity contribution >= 4 is 17.4 Å². The van der Waals surface area contributed by atoms with Crippen LogP contribution in [-0.4, -0.2) is 12.1 Å². The first-order chi connectivity index (χ1) is 10.8. The minimum atomic E-state index is -0.0963. The van der Waals surface area contributed by atoms with Crippen LogP contribution in [0.15, 0.2) is 34.1 Å². The number of thiophene rings is 1. The van der Waals surface area contributed by atoms with Gasteiger partial charge in [-0.2, -0.15) is 0 Å². The largest absolute Gasteiger partial charge is 0.458 e. The van der Waals surface area contributed by atoms with E-state index < -0.39 is 0 Å². The molecule has 1 fully saturated rings. The fourth-order valence-corrected chi connectivity index (χ4v) is 3.54. The first-order valence-corrected chi connectivity index (χ1v) is 8.86. The highest BCUT2D eigenvalue weighted by Crippen LogP contribution is 2.26. The summed E-state index contributed by atoms with van der Waals surface area (Å²) in [5, 5.41) is 7.98. The van der Waals surface area contributed by atoms with Gasteiger partial charge in [-0.3, -0.25) is 0 Å². The van der Waals surface area contributed by atoms with Gasteiger partial charge in [0.25, 0.3) is 0 Å². The molecular weight excluding hydrogens is 296 g/mol. The van der Waals surface area contributed by atoms with Gasteiger partial charge in [0, 0.05) is 6.04 Å². The molecule has 2 N–H and O–H groups in total. The molecule has 0 bridgehead atoms. The molecule has 3 rings (SSSR count). The van der Waals surface area contributed by atoms with Crippen molar-refractivity contribution < 1.29 is 9.21 Å². The number of nitrogens with one attached hydrogen (secondary N) is 2. The first-order valence-electron chi connectivity index (χ1n) is 7.98. The zero-order valence-corrected chi connectivity index (χ0v) is 13.5. The van der Waals surface area contributed by atoms with Gasteiger partial charge in [-0.1, -0.05) is 31.7 Å². The summed E-state index contributed by atoms with van der Waals surface area (Å²) in [6, 6.07) is 8.12. The van der Waals surface area contributed by atoms with Crippen molar-refractivity contribution in [3.8, 4) is 10.6 Å². The van der Waals surface area contributed by atoms with Crippen LogP contribution in [0.4, 0.5) is 4.79 Å². The van der Waals surface area contributed by atoms with E-state index in [4.69, 9.17) is 4.42 Å². The molecule has 2 heterocycles. The lowest BCUT2D eigenvalue weighted by molar-refractivity contribution is 0.234. The summed E-state index contributed by atoms with van der Waals surface area (Å²) in [7, 11) is 0. The molecule has 0 saturated heterocycles. The number of carbonyl (C=O) groups is 1. The molecule has 0 atom stereocenters. The molecule has 0 aliphatic heterocycles. The summed E-state index contributed by atoms with van der Waals surface area (Å²) < 4.78 is 5.76. The van der Waals surface area contributed by atoms with Crippen LogP contribution in [0.1, 0.15) is 44.3 Å². The third-order valence-electron chi connectivity index (χ3n) is 4.04. The molecule has 1 saturated carbocycles. The Hall–Kier alpha value is -1.75. The molecule has 22 heavy (non-hydrogen) atoms. The number of hydrogen-bond donors (Lipinski definition) is 2. The van der Waals surface area contributed by atoms with Gasteiger partial charge < -0.3 is 15.1 Å². The smallest absolute Gasteiger partial charge is 0.315 e. The van der Waals surface area contributed by atoms with E-state index in [1.807, 2.05) is 29.6 Å². The predicted molar refractivity (Wildman–Crippen MR) is 88.9 cm³/mol. The second kappa shape index (κ2) is 7.49. The van der Waals surface area contributed by atoms with Gasteiger partial charge in [-0.05, 0) is 36.4 Å². The van der Waals surface area contributed by atoms with Crippen LogP contribution in [0.5, 0.6) is 0 Å². The average molecular weight is 318 g/mol. The summed E-state index contributed by atoms with van der Waals surface area (Å²) in [5.74, 6) is 1.63. The average Bonchev–Trinajstić information content (AvgIpc) is 3.14. The van der Waals surface area contributed by atoms with Crippen molar-refractivity contribution in [1.29, 1.82) is 0 Å². The number of hydrogen-bond acceptors (Lipinski definition) is 3. The molecule has 1 aliphatic rings. The Labute approximate surface area is 134 Å². The monoisotopic (exact) mass is 318 g/mol. The highest BCUT2D eigenvalue weighted by Gasteiger charge is 2.14. The van der Waals surface area contributed by atoms with Crippen LogP contribution >= 0.6 is 11.3 Å². The van der Waals surface area contributed by atoms with Gasteiger partial charge in [-0.25, -0.2) is 4.79 Å². The molecule has 1 aliphatic carbocycles. The van der Waals surface area contributed by atoms with Crippen LogP contribution < -0.4 is 10.6 Å². The van der Waals surface area contributed by atoms with Crippen LogP contribution in [0.2, 0.25) is 0 Å². The Bertz CT molecular complexity index is 584. The SMILES string of the molecule is O=C(NCc1ccc(-c2cccs2)o1)NC1CCCCCC1. The molecule has 0 spiro atoms. The maximum atomic E-state index is 12.0. The second-order valence-electron chi connectivity index (χ2n) is 5.76. The quantitative estimate of drug-likeness (QED) is 0.814. The molecule has 0 radical (unpaired) electrons. The van der Waals surface area contributed by atoms with Crippen molar-refractivity contribution in [1.82, 2.24) is 10.6 Å². The van der Waals surface area contributed by atoms with Gasteiger partial charge in [0.2, 0.25) is 0 Å². The van der Waals surface area contributed by atoms with Crippen molar-refractivity contribution in [3.05, 3.63) is 35.4 Å². The normalized spacial score (nSPS) is 16.2. The topological polar surface area (TPSA) is 54.3 Å². The molecule has 2 aromatic rings. The van der Waals surface area contributed by atoms with E-state index in [-0.39, 0.29) is 6.03 Å². The Morgan fingerprint density at radius 1 is 1.18 bits per heavy atom. The van der Waals surface area contributed by atoms with Gasteiger partial charge in [0.15, 0.2) is 0 Å². The Morgan fingerprint density at radius 3 is 2.73 bits per heavy atom. The van der Waals surface area contributed by atoms with Crippen molar-refractivity contribution in [2.24, 2.45) is 0 Å².